The molecule has 0 aromatic carbocycles. The van der Waals surface area contributed by atoms with Crippen molar-refractivity contribution in [3.8, 4) is 0 Å². The summed E-state index contributed by atoms with van der Waals surface area (Å²) in [4.78, 5) is 7.99. The number of nitrogens with two attached hydrogens (primary N) is 1. The van der Waals surface area contributed by atoms with Gasteiger partial charge in [0.25, 0.3) is 0 Å². The molecule has 6 N–H and O–H groups in total. The van der Waals surface area contributed by atoms with E-state index < -0.39 is 31.1 Å². The fourth-order valence-electron chi connectivity index (χ4n) is 2.21. The Kier molecular flexibility index (Phi) is 5.11. The summed E-state index contributed by atoms with van der Waals surface area (Å²) in [6.07, 6.45) is -0.677. The lowest BCUT2D eigenvalue weighted by atomic mass is 10.1. The molecule has 2 heterocycles. The Morgan fingerprint density at radius 1 is 1.59 bits per heavy atom. The summed E-state index contributed by atoms with van der Waals surface area (Å²) in [6, 6.07) is 0. The van der Waals surface area contributed by atoms with E-state index in [1.54, 1.807) is 13.0 Å². The number of hydrogen-bond donors (Lipinski definition) is 5. The minimum absolute atomic E-state index is 0.175. The second-order valence-electron chi connectivity index (χ2n) is 4.67. The fraction of sp³-hybridized carbons (Fsp3) is 0.500. The molecule has 1 fully saturated rings. The molecular formula is C12H18N5O5-. The third-order valence-corrected chi connectivity index (χ3v) is 3.38. The molecule has 4 atom stereocenters. The van der Waals surface area contributed by atoms with Crippen LogP contribution in [0, 0.1) is 5.21 Å². The number of nitrogens with zero attached hydrogens (tertiary/aromatic N) is 3. The van der Waals surface area contributed by atoms with Crippen molar-refractivity contribution in [2.75, 3.05) is 6.61 Å². The number of aromatic nitrogens is 2. The van der Waals surface area contributed by atoms with Crippen LogP contribution in [0.5, 0.6) is 0 Å². The predicted molar refractivity (Wildman–Crippen MR) is 77.7 cm³/mol. The van der Waals surface area contributed by atoms with Gasteiger partial charge in [-0.05, 0) is 6.92 Å². The molecule has 1 aromatic rings. The highest BCUT2D eigenvalue weighted by Gasteiger charge is 2.44. The van der Waals surface area contributed by atoms with E-state index in [1.807, 2.05) is 0 Å². The molecule has 1 aliphatic heterocycles. The third-order valence-electron chi connectivity index (χ3n) is 3.38. The molecule has 1 aromatic heterocycles. The second kappa shape index (κ2) is 6.85. The molecule has 2 rings (SSSR count). The number of nitrogens with one attached hydrogen (secondary N) is 1. The van der Waals surface area contributed by atoms with Crippen molar-refractivity contribution in [3.05, 3.63) is 23.3 Å². The van der Waals surface area contributed by atoms with E-state index in [9.17, 15) is 15.4 Å². The molecule has 0 aliphatic carbocycles. The van der Waals surface area contributed by atoms with Crippen LogP contribution in [-0.2, 0) is 4.74 Å². The van der Waals surface area contributed by atoms with E-state index in [0.717, 1.165) is 6.34 Å². The van der Waals surface area contributed by atoms with Crippen molar-refractivity contribution in [3.63, 3.8) is 0 Å². The standard InChI is InChI=1S/C12H18N5O5/c1-2-6(13)8-11(14-4-16-21)17(5-15-8)12-10(20)9(19)7(3-18)22-12/h2,4-5,7,9-10,12,18-20H,3,13H2,1H3,(H-,14,16,21)/q-1/b6-2-/t7-,9-,10-,12-/m1/s1. The first-order valence-corrected chi connectivity index (χ1v) is 6.56. The van der Waals surface area contributed by atoms with Gasteiger partial charge >= 0.3 is 0 Å². The van der Waals surface area contributed by atoms with Crippen molar-refractivity contribution in [1.82, 2.24) is 15.0 Å². The van der Waals surface area contributed by atoms with Crippen LogP contribution in [0.2, 0.25) is 0 Å². The van der Waals surface area contributed by atoms with Gasteiger partial charge in [-0.2, -0.15) is 0 Å². The number of hydroxylamine groups is 1. The van der Waals surface area contributed by atoms with E-state index >= 15 is 0 Å². The third kappa shape index (κ3) is 2.82. The number of rotatable bonds is 5. The number of aliphatic hydroxyl groups excluding tert-OH is 3. The lowest BCUT2D eigenvalue weighted by Crippen LogP contribution is -2.33. The smallest absolute Gasteiger partial charge is 0.165 e. The van der Waals surface area contributed by atoms with E-state index in [-0.39, 0.29) is 5.82 Å². The Hall–Kier alpha value is -1.98. The summed E-state index contributed by atoms with van der Waals surface area (Å²) < 4.78 is 6.75. The lowest BCUT2D eigenvalue weighted by molar-refractivity contribution is -0.0519. The van der Waals surface area contributed by atoms with Crippen molar-refractivity contribution in [1.29, 1.82) is 0 Å². The molecule has 1 aliphatic rings. The van der Waals surface area contributed by atoms with Crippen LogP contribution in [0.15, 0.2) is 17.4 Å². The lowest BCUT2D eigenvalue weighted by Gasteiger charge is -2.18. The zero-order valence-corrected chi connectivity index (χ0v) is 11.8. The maximum absolute atomic E-state index is 10.4. The van der Waals surface area contributed by atoms with E-state index in [4.69, 9.17) is 15.6 Å². The van der Waals surface area contributed by atoms with Gasteiger partial charge in [0.1, 0.15) is 24.0 Å². The Morgan fingerprint density at radius 3 is 2.86 bits per heavy atom. The Balaban J connectivity index is 2.43. The molecule has 0 spiro atoms. The van der Waals surface area contributed by atoms with E-state index in [0.29, 0.717) is 11.4 Å². The molecule has 0 unspecified atom stereocenters. The highest BCUT2D eigenvalue weighted by molar-refractivity contribution is 5.71. The molecule has 22 heavy (non-hydrogen) atoms. The van der Waals surface area contributed by atoms with Crippen LogP contribution in [0.4, 0.5) is 5.82 Å². The first-order chi connectivity index (χ1) is 10.5. The normalized spacial score (nSPS) is 29.4. The minimum atomic E-state index is -1.29. The molecule has 0 radical (unpaired) electrons. The monoisotopic (exact) mass is 312 g/mol. The van der Waals surface area contributed by atoms with Gasteiger partial charge < -0.3 is 36.5 Å². The summed E-state index contributed by atoms with van der Waals surface area (Å²) in [7, 11) is 0. The van der Waals surface area contributed by atoms with Gasteiger partial charge in [-0.1, -0.05) is 6.08 Å². The van der Waals surface area contributed by atoms with Crippen molar-refractivity contribution < 1.29 is 20.1 Å². The number of allylic oxidation sites excluding steroid dienone is 1. The summed E-state index contributed by atoms with van der Waals surface area (Å²) in [6.45, 7) is 1.26. The number of aliphatic hydroxyl groups is 3. The highest BCUT2D eigenvalue weighted by Crippen LogP contribution is 2.34. The van der Waals surface area contributed by atoms with Gasteiger partial charge in [0.15, 0.2) is 12.0 Å². The van der Waals surface area contributed by atoms with Crippen LogP contribution in [0.25, 0.3) is 5.70 Å². The summed E-state index contributed by atoms with van der Waals surface area (Å²) in [5.74, 6) is 0.175. The second-order valence-corrected chi connectivity index (χ2v) is 4.67. The van der Waals surface area contributed by atoms with Gasteiger partial charge in [0.2, 0.25) is 0 Å². The van der Waals surface area contributed by atoms with E-state index in [2.05, 4.69) is 9.98 Å². The van der Waals surface area contributed by atoms with E-state index in [1.165, 1.54) is 16.4 Å². The molecule has 0 amide bonds. The predicted octanol–water partition coefficient (Wildman–Crippen LogP) is -1.44. The SMILES string of the molecule is C/C=C(\N)c1ncn([C@@H]2O[C@H](CO)[C@@H](O)[C@H]2O)c1/N=C\N[O-]. The zero-order valence-electron chi connectivity index (χ0n) is 11.8. The van der Waals surface area contributed by atoms with Gasteiger partial charge in [0.05, 0.1) is 25.0 Å². The number of hydrogen-bond acceptors (Lipinski definition) is 8. The molecular weight excluding hydrogens is 294 g/mol. The maximum atomic E-state index is 10.4. The van der Waals surface area contributed by atoms with Gasteiger partial charge in [-0.3, -0.25) is 4.57 Å². The summed E-state index contributed by atoms with van der Waals surface area (Å²) in [5, 5.41) is 39.4. The molecule has 0 bridgehead atoms. The quantitative estimate of drug-likeness (QED) is 0.251. The Morgan fingerprint density at radius 2 is 2.32 bits per heavy atom. The number of imidazole rings is 1. The number of aliphatic imine (C=N–C) groups is 1. The first-order valence-electron chi connectivity index (χ1n) is 6.56. The topological polar surface area (TPSA) is 161 Å². The Bertz CT molecular complexity index is 572. The van der Waals surface area contributed by atoms with Crippen LogP contribution in [0.1, 0.15) is 18.8 Å². The van der Waals surface area contributed by atoms with Gasteiger partial charge in [0, 0.05) is 0 Å². The number of ether oxygens (including phenoxy) is 1. The average molecular weight is 312 g/mol. The first kappa shape index (κ1) is 16.4. The largest absolute Gasteiger partial charge is 0.760 e. The molecule has 10 heteroatoms. The molecule has 10 nitrogen and oxygen atoms in total. The van der Waals surface area contributed by atoms with Crippen molar-refractivity contribution in [2.45, 2.75) is 31.5 Å². The molecule has 122 valence electrons. The highest BCUT2D eigenvalue weighted by atomic mass is 16.6. The maximum Gasteiger partial charge on any atom is 0.165 e. The molecule has 1 saturated heterocycles. The average Bonchev–Trinajstić information content (AvgIpc) is 3.06. The van der Waals surface area contributed by atoms with Crippen LogP contribution >= 0.6 is 0 Å². The molecule has 0 saturated carbocycles. The van der Waals surface area contributed by atoms with Crippen molar-refractivity contribution in [2.24, 2.45) is 10.7 Å². The summed E-state index contributed by atoms with van der Waals surface area (Å²) >= 11 is 0. The van der Waals surface area contributed by atoms with Crippen LogP contribution < -0.4 is 11.2 Å². The zero-order chi connectivity index (χ0) is 16.3. The van der Waals surface area contributed by atoms with Crippen LogP contribution in [-0.4, -0.2) is 56.1 Å². The Labute approximate surface area is 126 Å². The summed E-state index contributed by atoms with van der Waals surface area (Å²) in [5.41, 5.74) is 7.95. The van der Waals surface area contributed by atoms with Crippen molar-refractivity contribution >= 4 is 17.9 Å². The van der Waals surface area contributed by atoms with Gasteiger partial charge in [-0.15, -0.1) is 0 Å². The fourth-order valence-corrected chi connectivity index (χ4v) is 2.21. The van der Waals surface area contributed by atoms with Crippen LogP contribution in [0.3, 0.4) is 0 Å². The van der Waals surface area contributed by atoms with Gasteiger partial charge in [-0.25, -0.2) is 9.98 Å². The minimum Gasteiger partial charge on any atom is -0.760 e.